The highest BCUT2D eigenvalue weighted by molar-refractivity contribution is 9.09. The number of hydrogen-bond acceptors (Lipinski definition) is 1. The Labute approximate surface area is 69.1 Å². The molecular weight excluding hydrogens is 196 g/mol. The highest BCUT2D eigenvalue weighted by Gasteiger charge is 2.02. The lowest BCUT2D eigenvalue weighted by Gasteiger charge is -1.93. The van der Waals surface area contributed by atoms with E-state index >= 15 is 0 Å². The molecule has 0 aliphatic rings. The van der Waals surface area contributed by atoms with Gasteiger partial charge >= 0.3 is 5.97 Å². The number of alkyl halides is 1. The van der Waals surface area contributed by atoms with Crippen molar-refractivity contribution < 1.29 is 9.90 Å². The monoisotopic (exact) mass is 206 g/mol. The van der Waals surface area contributed by atoms with Gasteiger partial charge in [-0.25, -0.2) is 4.79 Å². The number of unbranched alkanes of at least 4 members (excludes halogenated alkanes) is 1. The van der Waals surface area contributed by atoms with Gasteiger partial charge in [0.1, 0.15) is 0 Å². The van der Waals surface area contributed by atoms with Crippen LogP contribution in [0.4, 0.5) is 0 Å². The third-order valence-corrected chi connectivity index (χ3v) is 1.70. The molecule has 0 rings (SSSR count). The molecule has 0 aromatic carbocycles. The van der Waals surface area contributed by atoms with Gasteiger partial charge in [-0.15, -0.1) is 0 Å². The van der Waals surface area contributed by atoms with Crippen LogP contribution in [-0.2, 0) is 4.79 Å². The normalized spacial score (nSPS) is 11.6. The third kappa shape index (κ3) is 3.67. The van der Waals surface area contributed by atoms with Gasteiger partial charge in [0.25, 0.3) is 0 Å². The fourth-order valence-corrected chi connectivity index (χ4v) is 0.986. The SMILES string of the molecule is CCCC=C(CBr)C(=O)O. The number of carboxylic acid groups (broad SMARTS) is 1. The Kier molecular flexibility index (Phi) is 5.30. The van der Waals surface area contributed by atoms with Crippen molar-refractivity contribution in [2.24, 2.45) is 0 Å². The van der Waals surface area contributed by atoms with E-state index in [1.165, 1.54) is 0 Å². The molecular formula is C7H11BrO2. The van der Waals surface area contributed by atoms with E-state index in [0.29, 0.717) is 10.9 Å². The average Bonchev–Trinajstić information content (AvgIpc) is 1.89. The number of hydrogen-bond donors (Lipinski definition) is 1. The highest BCUT2D eigenvalue weighted by atomic mass is 79.9. The first-order chi connectivity index (χ1) is 4.72. The standard InChI is InChI=1S/C7H11BrO2/c1-2-3-4-6(5-8)7(9)10/h4H,2-3,5H2,1H3,(H,9,10). The number of carbonyl (C=O) groups is 1. The number of rotatable bonds is 4. The molecule has 0 atom stereocenters. The van der Waals surface area contributed by atoms with Gasteiger partial charge in [-0.1, -0.05) is 35.4 Å². The second kappa shape index (κ2) is 5.47. The quantitative estimate of drug-likeness (QED) is 0.566. The number of halogens is 1. The van der Waals surface area contributed by atoms with Gasteiger partial charge in [-0.3, -0.25) is 0 Å². The van der Waals surface area contributed by atoms with Crippen molar-refractivity contribution >= 4 is 21.9 Å². The summed E-state index contributed by atoms with van der Waals surface area (Å²) in [5, 5.41) is 8.93. The zero-order chi connectivity index (χ0) is 7.98. The van der Waals surface area contributed by atoms with Crippen LogP contribution in [0.15, 0.2) is 11.6 Å². The zero-order valence-corrected chi connectivity index (χ0v) is 7.52. The summed E-state index contributed by atoms with van der Waals surface area (Å²) in [6, 6.07) is 0. The summed E-state index contributed by atoms with van der Waals surface area (Å²) < 4.78 is 0. The Morgan fingerprint density at radius 2 is 2.30 bits per heavy atom. The third-order valence-electron chi connectivity index (χ3n) is 1.10. The molecule has 0 aliphatic carbocycles. The summed E-state index contributed by atoms with van der Waals surface area (Å²) in [7, 11) is 0. The number of carboxylic acids is 1. The van der Waals surface area contributed by atoms with Gasteiger partial charge in [0.05, 0.1) is 0 Å². The lowest BCUT2D eigenvalue weighted by molar-refractivity contribution is -0.132. The maximum atomic E-state index is 10.3. The Morgan fingerprint density at radius 1 is 1.70 bits per heavy atom. The molecule has 0 heterocycles. The summed E-state index contributed by atoms with van der Waals surface area (Å²) >= 11 is 3.10. The summed E-state index contributed by atoms with van der Waals surface area (Å²) in [6.07, 6.45) is 3.58. The van der Waals surface area contributed by atoms with E-state index in [-0.39, 0.29) is 0 Å². The molecule has 0 saturated heterocycles. The first-order valence-electron chi connectivity index (χ1n) is 3.20. The van der Waals surface area contributed by atoms with Gasteiger partial charge in [0.2, 0.25) is 0 Å². The molecule has 0 aliphatic heterocycles. The van der Waals surface area contributed by atoms with Crippen LogP contribution in [0.25, 0.3) is 0 Å². The molecule has 0 bridgehead atoms. The first kappa shape index (κ1) is 9.69. The molecule has 58 valence electrons. The van der Waals surface area contributed by atoms with Gasteiger partial charge in [0.15, 0.2) is 0 Å². The van der Waals surface area contributed by atoms with E-state index < -0.39 is 5.97 Å². The van der Waals surface area contributed by atoms with E-state index in [2.05, 4.69) is 15.9 Å². The lowest BCUT2D eigenvalue weighted by Crippen LogP contribution is -2.00. The van der Waals surface area contributed by atoms with Crippen LogP contribution in [0.3, 0.4) is 0 Å². The van der Waals surface area contributed by atoms with Crippen molar-refractivity contribution in [3.05, 3.63) is 11.6 Å². The van der Waals surface area contributed by atoms with Crippen molar-refractivity contribution in [1.82, 2.24) is 0 Å². The Morgan fingerprint density at radius 3 is 2.60 bits per heavy atom. The number of allylic oxidation sites excluding steroid dienone is 1. The van der Waals surface area contributed by atoms with E-state index in [9.17, 15) is 4.79 Å². The van der Waals surface area contributed by atoms with Crippen molar-refractivity contribution in [1.29, 1.82) is 0 Å². The van der Waals surface area contributed by atoms with Crippen LogP contribution in [0.1, 0.15) is 19.8 Å². The maximum Gasteiger partial charge on any atom is 0.332 e. The molecule has 0 saturated carbocycles. The molecule has 0 fully saturated rings. The van der Waals surface area contributed by atoms with Gasteiger partial charge in [-0.2, -0.15) is 0 Å². The zero-order valence-electron chi connectivity index (χ0n) is 5.93. The smallest absolute Gasteiger partial charge is 0.332 e. The molecule has 2 nitrogen and oxygen atoms in total. The van der Waals surface area contributed by atoms with E-state index in [0.717, 1.165) is 12.8 Å². The maximum absolute atomic E-state index is 10.3. The molecule has 0 radical (unpaired) electrons. The molecule has 0 spiro atoms. The molecule has 0 aromatic rings. The second-order valence-electron chi connectivity index (χ2n) is 1.96. The highest BCUT2D eigenvalue weighted by Crippen LogP contribution is 2.02. The lowest BCUT2D eigenvalue weighted by atomic mass is 10.2. The van der Waals surface area contributed by atoms with E-state index in [1.807, 2.05) is 6.92 Å². The molecule has 0 amide bonds. The van der Waals surface area contributed by atoms with Crippen LogP contribution in [-0.4, -0.2) is 16.4 Å². The van der Waals surface area contributed by atoms with Gasteiger partial charge in [0, 0.05) is 10.9 Å². The van der Waals surface area contributed by atoms with Crippen molar-refractivity contribution in [2.75, 3.05) is 5.33 Å². The fourth-order valence-electron chi connectivity index (χ4n) is 0.518. The van der Waals surface area contributed by atoms with Gasteiger partial charge < -0.3 is 5.11 Å². The molecule has 10 heavy (non-hydrogen) atoms. The van der Waals surface area contributed by atoms with Crippen LogP contribution in [0, 0.1) is 0 Å². The Bertz CT molecular complexity index is 141. The van der Waals surface area contributed by atoms with Crippen LogP contribution < -0.4 is 0 Å². The molecule has 0 aromatic heterocycles. The molecule has 0 unspecified atom stereocenters. The topological polar surface area (TPSA) is 37.3 Å². The molecule has 1 N–H and O–H groups in total. The summed E-state index contributed by atoms with van der Waals surface area (Å²) in [5.74, 6) is -0.828. The summed E-state index contributed by atoms with van der Waals surface area (Å²) in [5.41, 5.74) is 0.446. The van der Waals surface area contributed by atoms with Crippen molar-refractivity contribution in [3.8, 4) is 0 Å². The predicted molar refractivity (Wildman–Crippen MR) is 44.4 cm³/mol. The number of aliphatic carboxylic acids is 1. The molecule has 3 heteroatoms. The summed E-state index contributed by atoms with van der Waals surface area (Å²) in [4.78, 5) is 10.3. The fraction of sp³-hybridized carbons (Fsp3) is 0.571. The average molecular weight is 207 g/mol. The van der Waals surface area contributed by atoms with Crippen LogP contribution in [0.2, 0.25) is 0 Å². The minimum absolute atomic E-state index is 0.433. The Hall–Kier alpha value is -0.310. The van der Waals surface area contributed by atoms with Gasteiger partial charge in [-0.05, 0) is 6.42 Å². The predicted octanol–water partition coefficient (Wildman–Crippen LogP) is 2.19. The minimum atomic E-state index is -0.828. The van der Waals surface area contributed by atoms with Crippen LogP contribution in [0.5, 0.6) is 0 Å². The Balaban J connectivity index is 3.91. The van der Waals surface area contributed by atoms with Crippen molar-refractivity contribution in [3.63, 3.8) is 0 Å². The van der Waals surface area contributed by atoms with Crippen molar-refractivity contribution in [2.45, 2.75) is 19.8 Å². The first-order valence-corrected chi connectivity index (χ1v) is 4.32. The van der Waals surface area contributed by atoms with Crippen LogP contribution >= 0.6 is 15.9 Å². The second-order valence-corrected chi connectivity index (χ2v) is 2.52. The van der Waals surface area contributed by atoms with E-state index in [4.69, 9.17) is 5.11 Å². The minimum Gasteiger partial charge on any atom is -0.478 e. The largest absolute Gasteiger partial charge is 0.478 e. The van der Waals surface area contributed by atoms with E-state index in [1.54, 1.807) is 6.08 Å². The summed E-state index contributed by atoms with van der Waals surface area (Å²) in [6.45, 7) is 2.02.